The lowest BCUT2D eigenvalue weighted by Gasteiger charge is -2.14. The van der Waals surface area contributed by atoms with Crippen molar-refractivity contribution in [2.24, 2.45) is 0 Å². The lowest BCUT2D eigenvalue weighted by atomic mass is 10.0. The van der Waals surface area contributed by atoms with E-state index in [2.05, 4.69) is 4.98 Å². The van der Waals surface area contributed by atoms with Crippen LogP contribution in [0.25, 0.3) is 22.0 Å². The van der Waals surface area contributed by atoms with Crippen LogP contribution in [0.15, 0.2) is 65.5 Å². The monoisotopic (exact) mass is 453 g/mol. The van der Waals surface area contributed by atoms with Crippen LogP contribution in [0.3, 0.4) is 0 Å². The SMILES string of the molecule is Cc1c(C(=O)O)[nH]c2c(OCc3ccccc3)cc(-c3ccc(Cl)c(Cl)c3)cc2c1=O. The quantitative estimate of drug-likeness (QED) is 0.383. The van der Waals surface area contributed by atoms with Crippen LogP contribution in [0.4, 0.5) is 0 Å². The van der Waals surface area contributed by atoms with Gasteiger partial charge in [0.05, 0.1) is 20.9 Å². The van der Waals surface area contributed by atoms with Gasteiger partial charge in [-0.15, -0.1) is 0 Å². The number of carbonyl (C=O) groups is 1. The number of pyridine rings is 1. The standard InChI is InChI=1S/C24H17Cl2NO4/c1-13-21(24(29)30)27-22-17(23(13)28)9-16(15-7-8-18(25)19(26)10-15)11-20(22)31-12-14-5-3-2-4-6-14/h2-11H,12H2,1H3,(H,27,28)(H,29,30). The molecular formula is C24H17Cl2NO4. The Morgan fingerprint density at radius 2 is 1.74 bits per heavy atom. The number of aromatic nitrogens is 1. The number of aromatic carboxylic acids is 1. The molecule has 0 amide bonds. The molecule has 0 spiro atoms. The number of fused-ring (bicyclic) bond motifs is 1. The van der Waals surface area contributed by atoms with E-state index in [4.69, 9.17) is 27.9 Å². The number of hydrogen-bond acceptors (Lipinski definition) is 3. The highest BCUT2D eigenvalue weighted by Crippen LogP contribution is 2.34. The van der Waals surface area contributed by atoms with Crippen molar-refractivity contribution in [2.45, 2.75) is 13.5 Å². The summed E-state index contributed by atoms with van der Waals surface area (Å²) >= 11 is 12.2. The van der Waals surface area contributed by atoms with Gasteiger partial charge in [0.25, 0.3) is 0 Å². The molecule has 1 aromatic heterocycles. The molecule has 156 valence electrons. The van der Waals surface area contributed by atoms with E-state index in [9.17, 15) is 14.7 Å². The summed E-state index contributed by atoms with van der Waals surface area (Å²) in [4.78, 5) is 27.5. The number of carboxylic acids is 1. The Balaban J connectivity index is 1.93. The molecule has 4 aromatic rings. The lowest BCUT2D eigenvalue weighted by molar-refractivity contribution is 0.0690. The van der Waals surface area contributed by atoms with Crippen LogP contribution in [-0.4, -0.2) is 16.1 Å². The zero-order valence-electron chi connectivity index (χ0n) is 16.4. The van der Waals surface area contributed by atoms with Crippen molar-refractivity contribution in [1.82, 2.24) is 4.98 Å². The zero-order valence-corrected chi connectivity index (χ0v) is 17.9. The second-order valence-corrected chi connectivity index (χ2v) is 7.87. The minimum Gasteiger partial charge on any atom is -0.487 e. The van der Waals surface area contributed by atoms with Gasteiger partial charge >= 0.3 is 5.97 Å². The smallest absolute Gasteiger partial charge is 0.352 e. The summed E-state index contributed by atoms with van der Waals surface area (Å²) in [6.45, 7) is 1.73. The fraction of sp³-hybridized carbons (Fsp3) is 0.0833. The fourth-order valence-electron chi connectivity index (χ4n) is 3.36. The van der Waals surface area contributed by atoms with Gasteiger partial charge in [0.15, 0.2) is 5.43 Å². The van der Waals surface area contributed by atoms with Crippen LogP contribution in [0.5, 0.6) is 5.75 Å². The van der Waals surface area contributed by atoms with E-state index in [0.29, 0.717) is 32.3 Å². The lowest BCUT2D eigenvalue weighted by Crippen LogP contribution is -2.16. The van der Waals surface area contributed by atoms with Crippen molar-refractivity contribution >= 4 is 40.1 Å². The first-order valence-corrected chi connectivity index (χ1v) is 10.2. The predicted molar refractivity (Wildman–Crippen MR) is 122 cm³/mol. The Hall–Kier alpha value is -3.28. The maximum atomic E-state index is 13.0. The predicted octanol–water partition coefficient (Wildman–Crippen LogP) is 6.09. The third-order valence-corrected chi connectivity index (χ3v) is 5.76. The molecule has 0 aliphatic rings. The van der Waals surface area contributed by atoms with Crippen LogP contribution in [0, 0.1) is 6.92 Å². The van der Waals surface area contributed by atoms with Crippen molar-refractivity contribution in [3.8, 4) is 16.9 Å². The highest BCUT2D eigenvalue weighted by atomic mass is 35.5. The molecule has 1 heterocycles. The number of carboxylic acid groups (broad SMARTS) is 1. The minimum atomic E-state index is -1.21. The topological polar surface area (TPSA) is 79.4 Å². The van der Waals surface area contributed by atoms with Gasteiger partial charge in [-0.3, -0.25) is 4.79 Å². The van der Waals surface area contributed by atoms with Gasteiger partial charge in [0.1, 0.15) is 18.1 Å². The molecule has 0 aliphatic carbocycles. The molecule has 4 rings (SSSR count). The number of H-pyrrole nitrogens is 1. The van der Waals surface area contributed by atoms with Crippen molar-refractivity contribution in [2.75, 3.05) is 0 Å². The van der Waals surface area contributed by atoms with Crippen LogP contribution in [-0.2, 0) is 6.61 Å². The molecule has 0 fully saturated rings. The van der Waals surface area contributed by atoms with E-state index >= 15 is 0 Å². The van der Waals surface area contributed by atoms with E-state index in [1.54, 1.807) is 30.3 Å². The Morgan fingerprint density at radius 3 is 2.42 bits per heavy atom. The van der Waals surface area contributed by atoms with E-state index in [1.807, 2.05) is 30.3 Å². The van der Waals surface area contributed by atoms with Gasteiger partial charge in [-0.1, -0.05) is 59.6 Å². The van der Waals surface area contributed by atoms with Crippen LogP contribution in [0.1, 0.15) is 21.6 Å². The molecule has 0 saturated heterocycles. The van der Waals surface area contributed by atoms with Gasteiger partial charge in [0, 0.05) is 5.56 Å². The van der Waals surface area contributed by atoms with E-state index in [0.717, 1.165) is 11.1 Å². The summed E-state index contributed by atoms with van der Waals surface area (Å²) < 4.78 is 6.03. The molecule has 0 unspecified atom stereocenters. The molecule has 31 heavy (non-hydrogen) atoms. The number of hydrogen-bond donors (Lipinski definition) is 2. The van der Waals surface area contributed by atoms with Gasteiger partial charge < -0.3 is 14.8 Å². The van der Waals surface area contributed by atoms with Gasteiger partial charge in [-0.25, -0.2) is 4.79 Å². The Bertz CT molecular complexity index is 1360. The first-order chi connectivity index (χ1) is 14.8. The average molecular weight is 454 g/mol. The van der Waals surface area contributed by atoms with Crippen molar-refractivity contribution in [3.63, 3.8) is 0 Å². The van der Waals surface area contributed by atoms with Crippen LogP contribution < -0.4 is 10.2 Å². The molecular weight excluding hydrogens is 437 g/mol. The van der Waals surface area contributed by atoms with Gasteiger partial charge in [0.2, 0.25) is 0 Å². The number of ether oxygens (including phenoxy) is 1. The van der Waals surface area contributed by atoms with Gasteiger partial charge in [-0.05, 0) is 47.9 Å². The Morgan fingerprint density at radius 1 is 1.00 bits per heavy atom. The zero-order chi connectivity index (χ0) is 22.1. The third kappa shape index (κ3) is 4.15. The van der Waals surface area contributed by atoms with Crippen molar-refractivity contribution in [3.05, 3.63) is 97.8 Å². The molecule has 0 radical (unpaired) electrons. The second kappa shape index (κ2) is 8.46. The number of benzene rings is 3. The fourth-order valence-corrected chi connectivity index (χ4v) is 3.66. The normalized spacial score (nSPS) is 10.9. The maximum absolute atomic E-state index is 13.0. The first kappa shape index (κ1) is 21.0. The van der Waals surface area contributed by atoms with Crippen molar-refractivity contribution < 1.29 is 14.6 Å². The molecule has 0 saturated carbocycles. The second-order valence-electron chi connectivity index (χ2n) is 7.06. The number of aromatic amines is 1. The largest absolute Gasteiger partial charge is 0.487 e. The highest BCUT2D eigenvalue weighted by molar-refractivity contribution is 6.42. The van der Waals surface area contributed by atoms with Crippen LogP contribution >= 0.6 is 23.2 Å². The molecule has 0 aliphatic heterocycles. The molecule has 5 nitrogen and oxygen atoms in total. The van der Waals surface area contributed by atoms with Crippen molar-refractivity contribution in [1.29, 1.82) is 0 Å². The van der Waals surface area contributed by atoms with E-state index in [1.165, 1.54) is 6.92 Å². The average Bonchev–Trinajstić information content (AvgIpc) is 2.77. The van der Waals surface area contributed by atoms with E-state index < -0.39 is 5.97 Å². The van der Waals surface area contributed by atoms with E-state index in [-0.39, 0.29) is 23.3 Å². The molecule has 3 aromatic carbocycles. The maximum Gasteiger partial charge on any atom is 0.352 e. The highest BCUT2D eigenvalue weighted by Gasteiger charge is 2.18. The number of rotatable bonds is 5. The minimum absolute atomic E-state index is 0.125. The molecule has 0 bridgehead atoms. The summed E-state index contributed by atoms with van der Waals surface area (Å²) in [5.74, 6) is -0.846. The molecule has 2 N–H and O–H groups in total. The number of halogens is 2. The summed E-state index contributed by atoms with van der Waals surface area (Å²) in [6, 6.07) is 18.2. The summed E-state index contributed by atoms with van der Waals surface area (Å²) in [6.07, 6.45) is 0. The molecule has 0 atom stereocenters. The number of nitrogens with one attached hydrogen (secondary N) is 1. The van der Waals surface area contributed by atoms with Crippen LogP contribution in [0.2, 0.25) is 10.0 Å². The molecule has 7 heteroatoms. The summed E-state index contributed by atoms with van der Waals surface area (Å²) in [5, 5.41) is 10.6. The summed E-state index contributed by atoms with van der Waals surface area (Å²) in [5.41, 5.74) is 2.29. The first-order valence-electron chi connectivity index (χ1n) is 9.41. The summed E-state index contributed by atoms with van der Waals surface area (Å²) in [7, 11) is 0. The Labute approximate surface area is 187 Å². The van der Waals surface area contributed by atoms with Gasteiger partial charge in [-0.2, -0.15) is 0 Å². The third-order valence-electron chi connectivity index (χ3n) is 5.02. The Kier molecular flexibility index (Phi) is 5.72.